The number of nitrogens with one attached hydrogen (secondary N) is 2. The molecule has 2 amide bonds. The van der Waals surface area contributed by atoms with Gasteiger partial charge in [0.1, 0.15) is 12.4 Å². The van der Waals surface area contributed by atoms with Gasteiger partial charge >= 0.3 is 12.1 Å². The summed E-state index contributed by atoms with van der Waals surface area (Å²) in [5.74, 6) is -2.92. The lowest BCUT2D eigenvalue weighted by molar-refractivity contribution is -0.116. The number of fused-ring (bicyclic) bond motifs is 3. The van der Waals surface area contributed by atoms with E-state index in [1.165, 1.54) is 12.1 Å². The molecule has 1 aliphatic rings. The molecule has 0 fully saturated rings. The number of rotatable bonds is 8. The van der Waals surface area contributed by atoms with Crippen molar-refractivity contribution in [2.45, 2.75) is 31.7 Å². The van der Waals surface area contributed by atoms with Crippen LogP contribution < -0.4 is 10.6 Å². The Labute approximate surface area is 201 Å². The lowest BCUT2D eigenvalue weighted by atomic mass is 9.98. The van der Waals surface area contributed by atoms with Gasteiger partial charge in [0, 0.05) is 18.4 Å². The quantitative estimate of drug-likeness (QED) is 0.416. The van der Waals surface area contributed by atoms with Crippen molar-refractivity contribution in [1.29, 1.82) is 0 Å². The summed E-state index contributed by atoms with van der Waals surface area (Å²) in [7, 11) is 0. The maximum Gasteiger partial charge on any atom is 0.407 e. The van der Waals surface area contributed by atoms with Crippen molar-refractivity contribution in [1.82, 2.24) is 5.32 Å². The molecule has 8 heteroatoms. The SMILES string of the molecule is CC[C@H](CC(=O)Nc1c(F)cccc1C(=O)O)NC(=O)OCC1c2ccccc2-c2ccccc21. The first-order chi connectivity index (χ1) is 16.9. The van der Waals surface area contributed by atoms with Gasteiger partial charge in [-0.15, -0.1) is 0 Å². The van der Waals surface area contributed by atoms with E-state index in [0.717, 1.165) is 28.3 Å². The minimum atomic E-state index is -1.36. The minimum absolute atomic E-state index is 0.0907. The predicted octanol–water partition coefficient (Wildman–Crippen LogP) is 5.17. The zero-order chi connectivity index (χ0) is 24.9. The average molecular weight is 477 g/mol. The molecule has 1 aliphatic carbocycles. The number of benzene rings is 3. The van der Waals surface area contributed by atoms with Crippen LogP contribution in [-0.4, -0.2) is 35.7 Å². The van der Waals surface area contributed by atoms with Crippen LogP contribution in [0.3, 0.4) is 0 Å². The number of alkyl carbamates (subject to hydrolysis) is 1. The van der Waals surface area contributed by atoms with Crippen molar-refractivity contribution in [2.75, 3.05) is 11.9 Å². The number of halogens is 1. The van der Waals surface area contributed by atoms with E-state index >= 15 is 0 Å². The summed E-state index contributed by atoms with van der Waals surface area (Å²) in [5, 5.41) is 14.2. The highest BCUT2D eigenvalue weighted by Crippen LogP contribution is 2.44. The highest BCUT2D eigenvalue weighted by molar-refractivity contribution is 6.00. The molecule has 0 bridgehead atoms. The van der Waals surface area contributed by atoms with Gasteiger partial charge in [-0.05, 0) is 40.8 Å². The number of para-hydroxylation sites is 1. The molecule has 35 heavy (non-hydrogen) atoms. The molecule has 1 atom stereocenters. The third-order valence-electron chi connectivity index (χ3n) is 6.10. The number of carboxylic acids is 1. The molecule has 0 aliphatic heterocycles. The number of ether oxygens (including phenoxy) is 1. The van der Waals surface area contributed by atoms with E-state index in [0.29, 0.717) is 6.42 Å². The second-order valence-corrected chi connectivity index (χ2v) is 8.29. The fraction of sp³-hybridized carbons (Fsp3) is 0.222. The van der Waals surface area contributed by atoms with Crippen molar-refractivity contribution >= 4 is 23.7 Å². The molecule has 4 rings (SSSR count). The van der Waals surface area contributed by atoms with Crippen LogP contribution in [0, 0.1) is 5.82 Å². The minimum Gasteiger partial charge on any atom is -0.478 e. The summed E-state index contributed by atoms with van der Waals surface area (Å²) in [6, 6.07) is 18.9. The van der Waals surface area contributed by atoms with Gasteiger partial charge < -0.3 is 20.5 Å². The maximum absolute atomic E-state index is 14.1. The van der Waals surface area contributed by atoms with Crippen LogP contribution in [0.4, 0.5) is 14.9 Å². The Morgan fingerprint density at radius 1 is 0.971 bits per heavy atom. The first kappa shape index (κ1) is 23.9. The number of anilines is 1. The van der Waals surface area contributed by atoms with Crippen LogP contribution >= 0.6 is 0 Å². The average Bonchev–Trinajstić information content (AvgIpc) is 3.17. The summed E-state index contributed by atoms with van der Waals surface area (Å²) in [4.78, 5) is 36.3. The highest BCUT2D eigenvalue weighted by atomic mass is 19.1. The van der Waals surface area contributed by atoms with E-state index in [1.54, 1.807) is 6.92 Å². The fourth-order valence-electron chi connectivity index (χ4n) is 4.35. The number of hydrogen-bond donors (Lipinski definition) is 3. The summed E-state index contributed by atoms with van der Waals surface area (Å²) in [6.45, 7) is 1.92. The molecule has 3 aromatic rings. The van der Waals surface area contributed by atoms with Crippen LogP contribution in [0.1, 0.15) is 47.2 Å². The molecule has 3 aromatic carbocycles. The Morgan fingerprint density at radius 2 is 1.60 bits per heavy atom. The van der Waals surface area contributed by atoms with Gasteiger partial charge in [0.15, 0.2) is 0 Å². The van der Waals surface area contributed by atoms with E-state index in [1.807, 2.05) is 48.5 Å². The van der Waals surface area contributed by atoms with Gasteiger partial charge in [-0.3, -0.25) is 4.79 Å². The Bertz CT molecular complexity index is 1230. The molecule has 0 saturated heterocycles. The number of carbonyl (C=O) groups excluding carboxylic acids is 2. The normalized spacial score (nSPS) is 12.9. The Hall–Kier alpha value is -4.20. The number of hydrogen-bond acceptors (Lipinski definition) is 4. The smallest absolute Gasteiger partial charge is 0.407 e. The largest absolute Gasteiger partial charge is 0.478 e. The van der Waals surface area contributed by atoms with Gasteiger partial charge in [-0.25, -0.2) is 14.0 Å². The monoisotopic (exact) mass is 476 g/mol. The third kappa shape index (κ3) is 5.16. The fourth-order valence-corrected chi connectivity index (χ4v) is 4.35. The van der Waals surface area contributed by atoms with Crippen molar-refractivity contribution in [3.8, 4) is 11.1 Å². The zero-order valence-electron chi connectivity index (χ0n) is 19.1. The lowest BCUT2D eigenvalue weighted by Crippen LogP contribution is -2.38. The second kappa shape index (κ2) is 10.4. The molecule has 0 aromatic heterocycles. The second-order valence-electron chi connectivity index (χ2n) is 8.29. The molecule has 0 saturated carbocycles. The van der Waals surface area contributed by atoms with Gasteiger partial charge in [-0.2, -0.15) is 0 Å². The molecule has 180 valence electrons. The molecule has 7 nitrogen and oxygen atoms in total. The number of aromatic carboxylic acids is 1. The van der Waals surface area contributed by atoms with Crippen LogP contribution in [0.25, 0.3) is 11.1 Å². The zero-order valence-corrected chi connectivity index (χ0v) is 19.1. The summed E-state index contributed by atoms with van der Waals surface area (Å²) < 4.78 is 19.6. The summed E-state index contributed by atoms with van der Waals surface area (Å²) >= 11 is 0. The van der Waals surface area contributed by atoms with E-state index in [2.05, 4.69) is 10.6 Å². The molecule has 3 N–H and O–H groups in total. The molecular formula is C27H25FN2O5. The van der Waals surface area contributed by atoms with Crippen molar-refractivity contribution in [3.05, 3.63) is 89.2 Å². The van der Waals surface area contributed by atoms with Gasteiger partial charge in [0.25, 0.3) is 0 Å². The standard InChI is InChI=1S/C27H25FN2O5/c1-2-16(14-24(31)30-25-21(26(32)33)12-7-13-23(25)28)29-27(34)35-15-22-19-10-5-3-8-17(19)18-9-4-6-11-20(18)22/h3-13,16,22H,2,14-15H2,1H3,(H,29,34)(H,30,31)(H,32,33)/t16-/m1/s1. The molecule has 0 heterocycles. The summed E-state index contributed by atoms with van der Waals surface area (Å²) in [5.41, 5.74) is 3.67. The van der Waals surface area contributed by atoms with E-state index in [4.69, 9.17) is 4.74 Å². The molecule has 0 radical (unpaired) electrons. The van der Waals surface area contributed by atoms with Crippen LogP contribution in [0.15, 0.2) is 66.7 Å². The lowest BCUT2D eigenvalue weighted by Gasteiger charge is -2.19. The Morgan fingerprint density at radius 3 is 2.20 bits per heavy atom. The van der Waals surface area contributed by atoms with E-state index in [9.17, 15) is 23.9 Å². The Kier molecular flexibility index (Phi) is 7.10. The van der Waals surface area contributed by atoms with Crippen molar-refractivity contribution < 1.29 is 28.6 Å². The van der Waals surface area contributed by atoms with E-state index < -0.39 is 35.5 Å². The Balaban J connectivity index is 1.36. The number of amides is 2. The molecule has 0 spiro atoms. The van der Waals surface area contributed by atoms with E-state index in [-0.39, 0.29) is 24.5 Å². The topological polar surface area (TPSA) is 105 Å². The molecule has 0 unspecified atom stereocenters. The van der Waals surface area contributed by atoms with Crippen LogP contribution in [0.2, 0.25) is 0 Å². The first-order valence-electron chi connectivity index (χ1n) is 11.3. The predicted molar refractivity (Wildman–Crippen MR) is 129 cm³/mol. The van der Waals surface area contributed by atoms with Gasteiger partial charge in [0.2, 0.25) is 5.91 Å². The summed E-state index contributed by atoms with van der Waals surface area (Å²) in [6.07, 6.45) is -0.419. The number of carboxylic acid groups (broad SMARTS) is 1. The number of carbonyl (C=O) groups is 3. The maximum atomic E-state index is 14.1. The van der Waals surface area contributed by atoms with Crippen molar-refractivity contribution in [2.24, 2.45) is 0 Å². The van der Waals surface area contributed by atoms with Gasteiger partial charge in [-0.1, -0.05) is 61.5 Å². The molecular weight excluding hydrogens is 451 g/mol. The third-order valence-corrected chi connectivity index (χ3v) is 6.10. The van der Waals surface area contributed by atoms with Crippen LogP contribution in [-0.2, 0) is 9.53 Å². The van der Waals surface area contributed by atoms with Crippen LogP contribution in [0.5, 0.6) is 0 Å². The van der Waals surface area contributed by atoms with Crippen molar-refractivity contribution in [3.63, 3.8) is 0 Å². The van der Waals surface area contributed by atoms with Gasteiger partial charge in [0.05, 0.1) is 11.3 Å². The highest BCUT2D eigenvalue weighted by Gasteiger charge is 2.29. The first-order valence-corrected chi connectivity index (χ1v) is 11.3.